The van der Waals surface area contributed by atoms with E-state index in [0.717, 1.165) is 12.0 Å². The van der Waals surface area contributed by atoms with Crippen LogP contribution in [0.5, 0.6) is 0 Å². The number of carbonyl (C=O) groups excluding carboxylic acids is 1. The van der Waals surface area contributed by atoms with Gasteiger partial charge in [-0.15, -0.1) is 0 Å². The van der Waals surface area contributed by atoms with E-state index in [1.807, 2.05) is 13.8 Å². The SMILES string of the molecule is CCOCCCNC(=O)c1ccc(N)c(C)c1. The van der Waals surface area contributed by atoms with Gasteiger partial charge in [0.2, 0.25) is 0 Å². The lowest BCUT2D eigenvalue weighted by molar-refractivity contribution is 0.0944. The van der Waals surface area contributed by atoms with E-state index in [2.05, 4.69) is 5.32 Å². The minimum absolute atomic E-state index is 0.0652. The Morgan fingerprint density at radius 2 is 2.24 bits per heavy atom. The van der Waals surface area contributed by atoms with Gasteiger partial charge in [-0.3, -0.25) is 4.79 Å². The third-order valence-corrected chi connectivity index (χ3v) is 2.49. The third kappa shape index (κ3) is 4.44. The summed E-state index contributed by atoms with van der Waals surface area (Å²) in [6.07, 6.45) is 0.827. The van der Waals surface area contributed by atoms with Crippen LogP contribution in [0.15, 0.2) is 18.2 Å². The van der Waals surface area contributed by atoms with Crippen LogP contribution in [0.1, 0.15) is 29.3 Å². The molecule has 0 bridgehead atoms. The summed E-state index contributed by atoms with van der Waals surface area (Å²) in [7, 11) is 0. The van der Waals surface area contributed by atoms with Gasteiger partial charge in [-0.1, -0.05) is 0 Å². The number of anilines is 1. The molecule has 0 heterocycles. The summed E-state index contributed by atoms with van der Waals surface area (Å²) in [6.45, 7) is 5.86. The van der Waals surface area contributed by atoms with Crippen molar-refractivity contribution in [1.82, 2.24) is 5.32 Å². The molecule has 0 aliphatic carbocycles. The predicted molar refractivity (Wildman–Crippen MR) is 69.0 cm³/mol. The van der Waals surface area contributed by atoms with Crippen LogP contribution in [0.2, 0.25) is 0 Å². The molecule has 1 aromatic rings. The molecule has 1 aromatic carbocycles. The molecule has 0 fully saturated rings. The number of amides is 1. The Kier molecular flexibility index (Phi) is 5.49. The quantitative estimate of drug-likeness (QED) is 0.584. The summed E-state index contributed by atoms with van der Waals surface area (Å²) in [5, 5.41) is 2.84. The highest BCUT2D eigenvalue weighted by Crippen LogP contribution is 2.12. The smallest absolute Gasteiger partial charge is 0.251 e. The van der Waals surface area contributed by atoms with Crippen LogP contribution in [-0.2, 0) is 4.74 Å². The summed E-state index contributed by atoms with van der Waals surface area (Å²) in [5.41, 5.74) is 7.97. The number of aryl methyl sites for hydroxylation is 1. The van der Waals surface area contributed by atoms with E-state index in [1.54, 1.807) is 18.2 Å². The Morgan fingerprint density at radius 3 is 2.88 bits per heavy atom. The van der Waals surface area contributed by atoms with Gasteiger partial charge >= 0.3 is 0 Å². The van der Waals surface area contributed by atoms with E-state index in [0.29, 0.717) is 31.0 Å². The average Bonchev–Trinajstić information content (AvgIpc) is 2.32. The molecule has 4 heteroatoms. The highest BCUT2D eigenvalue weighted by molar-refractivity contribution is 5.94. The Hall–Kier alpha value is -1.55. The van der Waals surface area contributed by atoms with Crippen molar-refractivity contribution in [2.75, 3.05) is 25.5 Å². The molecule has 94 valence electrons. The van der Waals surface area contributed by atoms with Crippen LogP contribution in [0, 0.1) is 6.92 Å². The van der Waals surface area contributed by atoms with Crippen molar-refractivity contribution in [3.63, 3.8) is 0 Å². The van der Waals surface area contributed by atoms with Crippen molar-refractivity contribution in [2.45, 2.75) is 20.3 Å². The van der Waals surface area contributed by atoms with E-state index in [4.69, 9.17) is 10.5 Å². The third-order valence-electron chi connectivity index (χ3n) is 2.49. The van der Waals surface area contributed by atoms with Crippen molar-refractivity contribution in [2.24, 2.45) is 0 Å². The van der Waals surface area contributed by atoms with E-state index >= 15 is 0 Å². The number of nitrogens with two attached hydrogens (primary N) is 1. The number of ether oxygens (including phenoxy) is 1. The molecular weight excluding hydrogens is 216 g/mol. The second kappa shape index (κ2) is 6.91. The number of benzene rings is 1. The van der Waals surface area contributed by atoms with E-state index in [1.165, 1.54) is 0 Å². The molecule has 0 atom stereocenters. The van der Waals surface area contributed by atoms with Crippen LogP contribution in [0.25, 0.3) is 0 Å². The predicted octanol–water partition coefficient (Wildman–Crippen LogP) is 1.73. The summed E-state index contributed by atoms with van der Waals surface area (Å²) in [5.74, 6) is -0.0652. The first-order valence-electron chi connectivity index (χ1n) is 5.87. The van der Waals surface area contributed by atoms with Crippen molar-refractivity contribution in [3.05, 3.63) is 29.3 Å². The topological polar surface area (TPSA) is 64.3 Å². The van der Waals surface area contributed by atoms with Gasteiger partial charge in [0.25, 0.3) is 5.91 Å². The molecule has 0 unspecified atom stereocenters. The first-order valence-corrected chi connectivity index (χ1v) is 5.87. The Balaban J connectivity index is 2.39. The van der Waals surface area contributed by atoms with E-state index in [9.17, 15) is 4.79 Å². The lowest BCUT2D eigenvalue weighted by Crippen LogP contribution is -2.25. The van der Waals surface area contributed by atoms with Crippen molar-refractivity contribution in [1.29, 1.82) is 0 Å². The van der Waals surface area contributed by atoms with Gasteiger partial charge in [0.05, 0.1) is 0 Å². The number of hydrogen-bond acceptors (Lipinski definition) is 3. The van der Waals surface area contributed by atoms with Crippen molar-refractivity contribution < 1.29 is 9.53 Å². The van der Waals surface area contributed by atoms with Gasteiger partial charge in [-0.2, -0.15) is 0 Å². The van der Waals surface area contributed by atoms with Gasteiger partial charge in [-0.05, 0) is 44.0 Å². The van der Waals surface area contributed by atoms with E-state index < -0.39 is 0 Å². The number of nitrogen functional groups attached to an aromatic ring is 1. The van der Waals surface area contributed by atoms with Gasteiger partial charge in [-0.25, -0.2) is 0 Å². The fraction of sp³-hybridized carbons (Fsp3) is 0.462. The molecule has 1 amide bonds. The normalized spacial score (nSPS) is 10.2. The molecule has 4 nitrogen and oxygen atoms in total. The number of nitrogens with one attached hydrogen (secondary N) is 1. The van der Waals surface area contributed by atoms with Gasteiger partial charge in [0.1, 0.15) is 0 Å². The minimum Gasteiger partial charge on any atom is -0.399 e. The first kappa shape index (κ1) is 13.5. The molecular formula is C13H20N2O2. The highest BCUT2D eigenvalue weighted by atomic mass is 16.5. The van der Waals surface area contributed by atoms with Crippen LogP contribution >= 0.6 is 0 Å². The molecule has 17 heavy (non-hydrogen) atoms. The molecule has 1 rings (SSSR count). The average molecular weight is 236 g/mol. The zero-order valence-electron chi connectivity index (χ0n) is 10.5. The second-order valence-electron chi connectivity index (χ2n) is 3.88. The van der Waals surface area contributed by atoms with Crippen LogP contribution in [-0.4, -0.2) is 25.7 Å². The maximum absolute atomic E-state index is 11.7. The summed E-state index contributed by atoms with van der Waals surface area (Å²) >= 11 is 0. The van der Waals surface area contributed by atoms with Crippen LogP contribution in [0.4, 0.5) is 5.69 Å². The molecule has 0 saturated heterocycles. The summed E-state index contributed by atoms with van der Waals surface area (Å²) in [6, 6.07) is 5.29. The van der Waals surface area contributed by atoms with Crippen molar-refractivity contribution in [3.8, 4) is 0 Å². The molecule has 0 spiro atoms. The summed E-state index contributed by atoms with van der Waals surface area (Å²) in [4.78, 5) is 11.7. The standard InChI is InChI=1S/C13H20N2O2/c1-3-17-8-4-7-15-13(16)11-5-6-12(14)10(2)9-11/h5-6,9H,3-4,7-8,14H2,1-2H3,(H,15,16). The van der Waals surface area contributed by atoms with Crippen molar-refractivity contribution >= 4 is 11.6 Å². The molecule has 0 saturated carbocycles. The lowest BCUT2D eigenvalue weighted by Gasteiger charge is -2.07. The van der Waals surface area contributed by atoms with Crippen LogP contribution in [0.3, 0.4) is 0 Å². The monoisotopic (exact) mass is 236 g/mol. The Labute approximate surface area is 102 Å². The summed E-state index contributed by atoms with van der Waals surface area (Å²) < 4.78 is 5.19. The minimum atomic E-state index is -0.0652. The maximum Gasteiger partial charge on any atom is 0.251 e. The van der Waals surface area contributed by atoms with Gasteiger partial charge < -0.3 is 15.8 Å². The molecule has 3 N–H and O–H groups in total. The molecule has 0 aliphatic heterocycles. The Morgan fingerprint density at radius 1 is 1.47 bits per heavy atom. The molecule has 0 aromatic heterocycles. The van der Waals surface area contributed by atoms with Gasteiger partial charge in [0, 0.05) is 31.0 Å². The van der Waals surface area contributed by atoms with Gasteiger partial charge in [0.15, 0.2) is 0 Å². The largest absolute Gasteiger partial charge is 0.399 e. The number of carbonyl (C=O) groups is 1. The lowest BCUT2D eigenvalue weighted by atomic mass is 10.1. The molecule has 0 aliphatic rings. The van der Waals surface area contributed by atoms with Crippen LogP contribution < -0.4 is 11.1 Å². The second-order valence-corrected chi connectivity index (χ2v) is 3.88. The van der Waals surface area contributed by atoms with E-state index in [-0.39, 0.29) is 5.91 Å². The molecule has 0 radical (unpaired) electrons. The zero-order chi connectivity index (χ0) is 12.7. The maximum atomic E-state index is 11.7. The number of hydrogen-bond donors (Lipinski definition) is 2. The number of rotatable bonds is 6. The highest BCUT2D eigenvalue weighted by Gasteiger charge is 2.05. The fourth-order valence-corrected chi connectivity index (χ4v) is 1.44. The fourth-order valence-electron chi connectivity index (χ4n) is 1.44. The first-order chi connectivity index (χ1) is 8.15. The Bertz CT molecular complexity index is 378. The zero-order valence-corrected chi connectivity index (χ0v) is 10.5.